The molecule has 6 heteroatoms. The second kappa shape index (κ2) is 6.72. The second-order valence-electron chi connectivity index (χ2n) is 4.35. The van der Waals surface area contributed by atoms with Crippen LogP contribution in [0, 0.1) is 0 Å². The molecule has 0 unspecified atom stereocenters. The van der Waals surface area contributed by atoms with Crippen LogP contribution >= 0.6 is 0 Å². The van der Waals surface area contributed by atoms with E-state index in [4.69, 9.17) is 5.11 Å². The van der Waals surface area contributed by atoms with Gasteiger partial charge in [0.2, 0.25) is 0 Å². The lowest BCUT2D eigenvalue weighted by atomic mass is 10.1. The van der Waals surface area contributed by atoms with Gasteiger partial charge in [-0.2, -0.15) is 5.10 Å². The molecule has 1 aromatic carbocycles. The lowest BCUT2D eigenvalue weighted by Crippen LogP contribution is -2.19. The molecule has 2 aromatic rings. The quantitative estimate of drug-likeness (QED) is 0.781. The number of nitrogens with one attached hydrogen (secondary N) is 2. The molecule has 106 valence electrons. The third-order valence-electron chi connectivity index (χ3n) is 2.84. The number of aromatic nitrogens is 2. The van der Waals surface area contributed by atoms with Crippen molar-refractivity contribution in [2.75, 3.05) is 17.2 Å². The minimum Gasteiger partial charge on any atom is -0.394 e. The smallest absolute Gasteiger partial charge is 0.323 e. The fraction of sp³-hybridized carbons (Fsp3) is 0.286. The van der Waals surface area contributed by atoms with E-state index in [1.807, 2.05) is 24.3 Å². The van der Waals surface area contributed by atoms with Crippen LogP contribution in [-0.2, 0) is 13.0 Å². The summed E-state index contributed by atoms with van der Waals surface area (Å²) >= 11 is 0. The van der Waals surface area contributed by atoms with Gasteiger partial charge in [0.25, 0.3) is 0 Å². The molecule has 0 atom stereocenters. The van der Waals surface area contributed by atoms with E-state index in [9.17, 15) is 4.79 Å². The van der Waals surface area contributed by atoms with Crippen LogP contribution in [0.5, 0.6) is 0 Å². The molecule has 6 nitrogen and oxygen atoms in total. The number of amides is 2. The summed E-state index contributed by atoms with van der Waals surface area (Å²) in [4.78, 5) is 11.8. The van der Waals surface area contributed by atoms with Crippen molar-refractivity contribution in [2.24, 2.45) is 0 Å². The molecule has 0 aliphatic rings. The molecule has 2 rings (SSSR count). The third kappa shape index (κ3) is 3.83. The molecule has 0 radical (unpaired) electrons. The Bertz CT molecular complexity index is 563. The van der Waals surface area contributed by atoms with Gasteiger partial charge in [-0.25, -0.2) is 4.79 Å². The van der Waals surface area contributed by atoms with Crippen molar-refractivity contribution in [3.63, 3.8) is 0 Å². The Labute approximate surface area is 117 Å². The molecule has 3 N–H and O–H groups in total. The van der Waals surface area contributed by atoms with Gasteiger partial charge in [-0.1, -0.05) is 19.1 Å². The zero-order valence-electron chi connectivity index (χ0n) is 11.3. The predicted octanol–water partition coefficient (Wildman–Crippen LogP) is 2.08. The summed E-state index contributed by atoms with van der Waals surface area (Å²) in [5.41, 5.74) is 2.55. The van der Waals surface area contributed by atoms with Crippen LogP contribution in [0.1, 0.15) is 12.5 Å². The highest BCUT2D eigenvalue weighted by atomic mass is 16.3. The Morgan fingerprint density at radius 3 is 2.60 bits per heavy atom. The van der Waals surface area contributed by atoms with Crippen molar-refractivity contribution in [3.8, 4) is 0 Å². The number of aryl methyl sites for hydroxylation is 1. The van der Waals surface area contributed by atoms with Crippen molar-refractivity contribution >= 4 is 17.4 Å². The number of carbonyl (C=O) groups excluding carboxylic acids is 1. The SMILES string of the molecule is CCc1ccc(NC(=O)Nc2cnn(CCO)c2)cc1. The number of nitrogens with zero attached hydrogens (tertiary/aromatic N) is 2. The number of benzene rings is 1. The number of urea groups is 1. The molecule has 1 heterocycles. The Kier molecular flexibility index (Phi) is 4.73. The van der Waals surface area contributed by atoms with Crippen LogP contribution in [0.4, 0.5) is 16.2 Å². The minimum absolute atomic E-state index is 0.0110. The third-order valence-corrected chi connectivity index (χ3v) is 2.84. The second-order valence-corrected chi connectivity index (χ2v) is 4.35. The first-order chi connectivity index (χ1) is 9.71. The molecule has 0 fully saturated rings. The fourth-order valence-electron chi connectivity index (χ4n) is 1.77. The monoisotopic (exact) mass is 274 g/mol. The van der Waals surface area contributed by atoms with Crippen LogP contribution in [0.25, 0.3) is 0 Å². The number of carbonyl (C=O) groups is 1. The number of rotatable bonds is 5. The predicted molar refractivity (Wildman–Crippen MR) is 77.8 cm³/mol. The number of aliphatic hydroxyl groups excluding tert-OH is 1. The van der Waals surface area contributed by atoms with E-state index in [1.54, 1.807) is 10.9 Å². The van der Waals surface area contributed by atoms with Gasteiger partial charge in [-0.05, 0) is 24.1 Å². The first-order valence-electron chi connectivity index (χ1n) is 6.51. The highest BCUT2D eigenvalue weighted by Crippen LogP contribution is 2.11. The Hall–Kier alpha value is -2.34. The molecule has 0 bridgehead atoms. The molecular formula is C14H18N4O2. The standard InChI is InChI=1S/C14H18N4O2/c1-2-11-3-5-12(6-4-11)16-14(20)17-13-9-15-18(10-13)7-8-19/h3-6,9-10,19H,2,7-8H2,1H3,(H2,16,17,20). The summed E-state index contributed by atoms with van der Waals surface area (Å²) < 4.78 is 1.56. The highest BCUT2D eigenvalue weighted by Gasteiger charge is 2.04. The fourth-order valence-corrected chi connectivity index (χ4v) is 1.77. The van der Waals surface area contributed by atoms with Gasteiger partial charge in [0.05, 0.1) is 25.0 Å². The van der Waals surface area contributed by atoms with E-state index in [-0.39, 0.29) is 12.6 Å². The summed E-state index contributed by atoms with van der Waals surface area (Å²) in [6.45, 7) is 2.50. The Morgan fingerprint density at radius 2 is 1.95 bits per heavy atom. The minimum atomic E-state index is -0.321. The largest absolute Gasteiger partial charge is 0.394 e. The van der Waals surface area contributed by atoms with Gasteiger partial charge < -0.3 is 15.7 Å². The van der Waals surface area contributed by atoms with Crippen LogP contribution in [0.3, 0.4) is 0 Å². The topological polar surface area (TPSA) is 79.2 Å². The number of hydrogen-bond acceptors (Lipinski definition) is 3. The Morgan fingerprint density at radius 1 is 1.25 bits per heavy atom. The maximum atomic E-state index is 11.8. The summed E-state index contributed by atoms with van der Waals surface area (Å²) in [6, 6.07) is 7.38. The summed E-state index contributed by atoms with van der Waals surface area (Å²) in [6.07, 6.45) is 4.17. The lowest BCUT2D eigenvalue weighted by molar-refractivity contribution is 0.262. The van der Waals surface area contributed by atoms with Crippen LogP contribution in [0.15, 0.2) is 36.7 Å². The molecule has 2 amide bonds. The normalized spacial score (nSPS) is 10.3. The van der Waals surface area contributed by atoms with Crippen molar-refractivity contribution < 1.29 is 9.90 Å². The average molecular weight is 274 g/mol. The van der Waals surface area contributed by atoms with Crippen molar-refractivity contribution in [1.82, 2.24) is 9.78 Å². The number of anilines is 2. The van der Waals surface area contributed by atoms with Crippen molar-refractivity contribution in [3.05, 3.63) is 42.2 Å². The first kappa shape index (κ1) is 14.1. The van der Waals surface area contributed by atoms with Gasteiger partial charge in [-0.15, -0.1) is 0 Å². The summed E-state index contributed by atoms with van der Waals surface area (Å²) in [5.74, 6) is 0. The number of hydrogen-bond donors (Lipinski definition) is 3. The van der Waals surface area contributed by atoms with Gasteiger partial charge >= 0.3 is 6.03 Å². The van der Waals surface area contributed by atoms with E-state index in [0.29, 0.717) is 12.2 Å². The van der Waals surface area contributed by atoms with E-state index < -0.39 is 0 Å². The molecular weight excluding hydrogens is 256 g/mol. The van der Waals surface area contributed by atoms with Gasteiger partial charge in [-0.3, -0.25) is 4.68 Å². The highest BCUT2D eigenvalue weighted by molar-refractivity contribution is 5.99. The first-order valence-corrected chi connectivity index (χ1v) is 6.51. The maximum Gasteiger partial charge on any atom is 0.323 e. The molecule has 1 aromatic heterocycles. The van der Waals surface area contributed by atoms with Crippen molar-refractivity contribution in [2.45, 2.75) is 19.9 Å². The van der Waals surface area contributed by atoms with Crippen molar-refractivity contribution in [1.29, 1.82) is 0 Å². The van der Waals surface area contributed by atoms with Gasteiger partial charge in [0, 0.05) is 11.9 Å². The molecule has 20 heavy (non-hydrogen) atoms. The lowest BCUT2D eigenvalue weighted by Gasteiger charge is -2.06. The molecule has 0 aliphatic carbocycles. The van der Waals surface area contributed by atoms with Crippen LogP contribution in [0.2, 0.25) is 0 Å². The van der Waals surface area contributed by atoms with E-state index in [1.165, 1.54) is 11.8 Å². The van der Waals surface area contributed by atoms with Crippen LogP contribution < -0.4 is 10.6 Å². The molecule has 0 saturated carbocycles. The average Bonchev–Trinajstić information content (AvgIpc) is 2.87. The Balaban J connectivity index is 1.90. The molecule has 0 saturated heterocycles. The maximum absolute atomic E-state index is 11.8. The summed E-state index contributed by atoms with van der Waals surface area (Å²) in [5, 5.41) is 18.2. The zero-order chi connectivity index (χ0) is 14.4. The molecule has 0 aliphatic heterocycles. The summed E-state index contributed by atoms with van der Waals surface area (Å²) in [7, 11) is 0. The van der Waals surface area contributed by atoms with E-state index >= 15 is 0 Å². The van der Waals surface area contributed by atoms with Crippen LogP contribution in [-0.4, -0.2) is 27.5 Å². The van der Waals surface area contributed by atoms with Gasteiger partial charge in [0.15, 0.2) is 0 Å². The van der Waals surface area contributed by atoms with E-state index in [2.05, 4.69) is 22.7 Å². The zero-order valence-corrected chi connectivity index (χ0v) is 11.3. The van der Waals surface area contributed by atoms with E-state index in [0.717, 1.165) is 12.1 Å². The number of aliphatic hydroxyl groups is 1. The molecule has 0 spiro atoms. The van der Waals surface area contributed by atoms with Gasteiger partial charge in [0.1, 0.15) is 0 Å².